The van der Waals surface area contributed by atoms with Crippen LogP contribution in [0.2, 0.25) is 13.1 Å². The van der Waals surface area contributed by atoms with E-state index in [9.17, 15) is 0 Å². The summed E-state index contributed by atoms with van der Waals surface area (Å²) < 4.78 is 3.85. The molecule has 0 saturated carbocycles. The second-order valence-corrected chi connectivity index (χ2v) is 30.2. The number of hydrogen-bond donors (Lipinski definition) is 0. The number of allylic oxidation sites excluding steroid dienone is 8. The van der Waals surface area contributed by atoms with Gasteiger partial charge in [0, 0.05) is 0 Å². The molecule has 0 fully saturated rings. The molecule has 2 aliphatic carbocycles. The average Bonchev–Trinajstić information content (AvgIpc) is 2.72. The maximum Gasteiger partial charge on any atom is -0.147 e. The minimum absolute atomic E-state index is 0. The van der Waals surface area contributed by atoms with Crippen LogP contribution in [0.1, 0.15) is 41.5 Å². The molecule has 0 N–H and O–H groups in total. The molecule has 0 spiro atoms. The molecule has 2 unspecified atom stereocenters. The van der Waals surface area contributed by atoms with E-state index < -0.39 is 20.1 Å². The average molecular weight is 524 g/mol. The van der Waals surface area contributed by atoms with Crippen LogP contribution in [0.5, 0.6) is 0 Å². The summed E-state index contributed by atoms with van der Waals surface area (Å²) >= 11 is -1.85. The third-order valence-electron chi connectivity index (χ3n) is 4.97. The van der Waals surface area contributed by atoms with E-state index >= 15 is 0 Å². The number of halogens is 2. The van der Waals surface area contributed by atoms with E-state index in [2.05, 4.69) is 66.8 Å². The standard InChI is InChI=1S/2C8H11.C2H6Si.2ClH.Hf/c2*1-6-4-7(2)8(3)5-6;1-3-2;;;/h4,8H,1-3H3;4,6H,1-3H3;1-2H3;2*1H;. The molecule has 2 aliphatic rings. The minimum atomic E-state index is -1.85. The van der Waals surface area contributed by atoms with Crippen molar-refractivity contribution in [3.63, 3.8) is 0 Å². The Hall–Kier alpha value is 0.627. The molecule has 4 heteroatoms. The van der Waals surface area contributed by atoms with Gasteiger partial charge < -0.3 is 0 Å². The summed E-state index contributed by atoms with van der Waals surface area (Å²) in [5, 5.41) is 0. The van der Waals surface area contributed by atoms with Gasteiger partial charge in [0.05, 0.1) is 0 Å². The second-order valence-electron chi connectivity index (χ2n) is 6.76. The van der Waals surface area contributed by atoms with Crippen molar-refractivity contribution in [3.8, 4) is 0 Å². The van der Waals surface area contributed by atoms with E-state index in [0.717, 1.165) is 5.92 Å². The zero-order chi connectivity index (χ0) is 15.2. The van der Waals surface area contributed by atoms with Crippen molar-refractivity contribution < 1.29 is 20.1 Å². The minimum Gasteiger partial charge on any atom is -0.147 e. The Kier molecular flexibility index (Phi) is 8.89. The van der Waals surface area contributed by atoms with Gasteiger partial charge in [0.2, 0.25) is 0 Å². The van der Waals surface area contributed by atoms with E-state index in [1.165, 1.54) is 0 Å². The summed E-state index contributed by atoms with van der Waals surface area (Å²) in [5.74, 6) is 1.44. The van der Waals surface area contributed by atoms with Crippen molar-refractivity contribution >= 4 is 30.3 Å². The van der Waals surface area contributed by atoms with E-state index in [1.807, 2.05) is 6.66 Å². The molecular formula is C18H30Cl2HfSi. The first-order chi connectivity index (χ1) is 9.25. The van der Waals surface area contributed by atoms with Crippen LogP contribution in [0, 0.1) is 11.8 Å². The second kappa shape index (κ2) is 8.64. The van der Waals surface area contributed by atoms with Crippen molar-refractivity contribution in [2.45, 2.75) is 54.6 Å². The smallest absolute Gasteiger partial charge is 0.147 e. The van der Waals surface area contributed by atoms with Gasteiger partial charge >= 0.3 is 133 Å². The van der Waals surface area contributed by atoms with Crippen molar-refractivity contribution in [2.75, 3.05) is 0 Å². The predicted molar refractivity (Wildman–Crippen MR) is 103 cm³/mol. The maximum atomic E-state index is 2.58. The molecule has 0 bridgehead atoms. The molecule has 0 aromatic rings. The first-order valence-electron chi connectivity index (χ1n) is 7.72. The first-order valence-corrected chi connectivity index (χ1v) is 19.2. The van der Waals surface area contributed by atoms with Crippen molar-refractivity contribution in [3.05, 3.63) is 41.1 Å². The molecule has 0 aliphatic heterocycles. The van der Waals surface area contributed by atoms with Gasteiger partial charge in [-0.3, -0.25) is 0 Å². The van der Waals surface area contributed by atoms with E-state index in [0.29, 0.717) is 5.92 Å². The molecule has 0 nitrogen and oxygen atoms in total. The van der Waals surface area contributed by atoms with Gasteiger partial charge in [-0.1, -0.05) is 0 Å². The third-order valence-corrected chi connectivity index (χ3v) is 31.0. The summed E-state index contributed by atoms with van der Waals surface area (Å²) in [6, 6.07) is 0. The summed E-state index contributed by atoms with van der Waals surface area (Å²) in [7, 11) is 0. The molecule has 2 atom stereocenters. The summed E-state index contributed by atoms with van der Waals surface area (Å²) in [5.41, 5.74) is 6.24. The molecule has 0 amide bonds. The fraction of sp³-hybridized carbons (Fsp3) is 0.556. The Labute approximate surface area is 157 Å². The number of rotatable bonds is 2. The third kappa shape index (κ3) is 3.99. The number of hydrogen-bond acceptors (Lipinski definition) is 0. The van der Waals surface area contributed by atoms with Crippen LogP contribution >= 0.6 is 24.8 Å². The van der Waals surface area contributed by atoms with Crippen LogP contribution in [-0.2, 0) is 20.1 Å². The van der Waals surface area contributed by atoms with Crippen molar-refractivity contribution in [2.24, 2.45) is 11.8 Å². The van der Waals surface area contributed by atoms with E-state index in [-0.39, 0.29) is 30.3 Å². The molecule has 0 aromatic carbocycles. The van der Waals surface area contributed by atoms with Gasteiger partial charge in [-0.2, -0.15) is 0 Å². The molecule has 0 heterocycles. The topological polar surface area (TPSA) is 0 Å². The molecule has 0 aromatic heterocycles. The fourth-order valence-electron chi connectivity index (χ4n) is 3.76. The van der Waals surface area contributed by atoms with Crippen LogP contribution < -0.4 is 0 Å². The molecule has 124 valence electrons. The fourth-order valence-corrected chi connectivity index (χ4v) is 32.3. The van der Waals surface area contributed by atoms with Gasteiger partial charge in [0.15, 0.2) is 0 Å². The van der Waals surface area contributed by atoms with Crippen LogP contribution in [0.25, 0.3) is 0 Å². The quantitative estimate of drug-likeness (QED) is 0.365. The normalized spacial score (nSPS) is 23.8. The Balaban J connectivity index is 0.00000220. The Morgan fingerprint density at radius 3 is 1.82 bits per heavy atom. The van der Waals surface area contributed by atoms with Crippen LogP contribution in [0.4, 0.5) is 0 Å². The molecular weight excluding hydrogens is 494 g/mol. The predicted octanol–water partition coefficient (Wildman–Crippen LogP) is 6.44. The van der Waals surface area contributed by atoms with Gasteiger partial charge in [0.1, 0.15) is 0 Å². The summed E-state index contributed by atoms with van der Waals surface area (Å²) in [6.07, 6.45) is 4.97. The maximum absolute atomic E-state index is 2.58. The van der Waals surface area contributed by atoms with Gasteiger partial charge in [-0.25, -0.2) is 0 Å². The summed E-state index contributed by atoms with van der Waals surface area (Å²) in [4.78, 5) is 0. The molecule has 0 radical (unpaired) electrons. The summed E-state index contributed by atoms with van der Waals surface area (Å²) in [6.45, 7) is 19.4. The monoisotopic (exact) mass is 524 g/mol. The zero-order valence-corrected chi connectivity index (χ0v) is 21.4. The largest absolute Gasteiger partial charge is 0.147 e. The first kappa shape index (κ1) is 22.6. The van der Waals surface area contributed by atoms with Crippen LogP contribution in [0.15, 0.2) is 41.1 Å². The Morgan fingerprint density at radius 1 is 0.955 bits per heavy atom. The van der Waals surface area contributed by atoms with Gasteiger partial charge in [0.25, 0.3) is 0 Å². The van der Waals surface area contributed by atoms with Gasteiger partial charge in [-0.05, 0) is 0 Å². The van der Waals surface area contributed by atoms with E-state index in [4.69, 9.17) is 0 Å². The Morgan fingerprint density at radius 2 is 1.50 bits per heavy atom. The van der Waals surface area contributed by atoms with E-state index in [1.54, 1.807) is 22.3 Å². The molecule has 0 saturated heterocycles. The van der Waals surface area contributed by atoms with Crippen molar-refractivity contribution in [1.29, 1.82) is 0 Å². The zero-order valence-electron chi connectivity index (χ0n) is 15.1. The van der Waals surface area contributed by atoms with Gasteiger partial charge in [-0.15, -0.1) is 24.8 Å². The molecule has 2 rings (SSSR count). The SMILES string of the molecule is CC1=CC(C)[C]([Hf]([C]2=C(C)C=C(C)C2C)=[Si](C)C)=C1C.Cl.Cl. The Bertz CT molecular complexity index is 617. The molecule has 22 heavy (non-hydrogen) atoms. The van der Waals surface area contributed by atoms with Crippen LogP contribution in [0.3, 0.4) is 0 Å². The van der Waals surface area contributed by atoms with Crippen molar-refractivity contribution in [1.82, 2.24) is 0 Å². The van der Waals surface area contributed by atoms with Crippen LogP contribution in [-0.4, -0.2) is 5.49 Å².